The highest BCUT2D eigenvalue weighted by Crippen LogP contribution is 2.17. The van der Waals surface area contributed by atoms with Gasteiger partial charge in [-0.1, -0.05) is 0 Å². The standard InChI is InChI=1S/C17H18N6O/c1-12-2-5-16(21-20-12)22-6-8-23(9-7-22)17(24)13-3-4-14-15(10-13)19-11-18-14/h2-5,10-11H,6-9H2,1H3,(H,18,19). The minimum Gasteiger partial charge on any atom is -0.352 e. The number of amides is 1. The molecule has 0 saturated carbocycles. The molecule has 122 valence electrons. The number of piperazine rings is 1. The fourth-order valence-electron chi connectivity index (χ4n) is 2.95. The van der Waals surface area contributed by atoms with Gasteiger partial charge in [-0.25, -0.2) is 4.98 Å². The molecule has 0 radical (unpaired) electrons. The van der Waals surface area contributed by atoms with Crippen molar-refractivity contribution in [1.29, 1.82) is 0 Å². The number of carbonyl (C=O) groups excluding carboxylic acids is 1. The van der Waals surface area contributed by atoms with E-state index in [1.165, 1.54) is 0 Å². The van der Waals surface area contributed by atoms with Crippen LogP contribution in [0.5, 0.6) is 0 Å². The number of nitrogens with zero attached hydrogens (tertiary/aromatic N) is 5. The van der Waals surface area contributed by atoms with E-state index >= 15 is 0 Å². The first-order chi connectivity index (χ1) is 11.7. The second-order valence-corrected chi connectivity index (χ2v) is 5.95. The molecule has 0 aliphatic carbocycles. The van der Waals surface area contributed by atoms with Gasteiger partial charge in [-0.2, -0.15) is 5.10 Å². The Hall–Kier alpha value is -2.96. The summed E-state index contributed by atoms with van der Waals surface area (Å²) in [6, 6.07) is 9.51. The fourth-order valence-corrected chi connectivity index (χ4v) is 2.95. The molecule has 0 atom stereocenters. The average Bonchev–Trinajstić information content (AvgIpc) is 3.09. The first-order valence-corrected chi connectivity index (χ1v) is 7.98. The monoisotopic (exact) mass is 322 g/mol. The number of fused-ring (bicyclic) bond motifs is 1. The van der Waals surface area contributed by atoms with E-state index in [1.807, 2.05) is 42.2 Å². The zero-order chi connectivity index (χ0) is 16.5. The van der Waals surface area contributed by atoms with Crippen LogP contribution in [0.2, 0.25) is 0 Å². The number of hydrogen-bond acceptors (Lipinski definition) is 5. The van der Waals surface area contributed by atoms with Crippen LogP contribution >= 0.6 is 0 Å². The topological polar surface area (TPSA) is 78.0 Å². The predicted molar refractivity (Wildman–Crippen MR) is 91.0 cm³/mol. The van der Waals surface area contributed by atoms with E-state index in [1.54, 1.807) is 6.33 Å². The Balaban J connectivity index is 1.44. The third kappa shape index (κ3) is 2.68. The van der Waals surface area contributed by atoms with Gasteiger partial charge in [-0.3, -0.25) is 4.79 Å². The minimum atomic E-state index is 0.0566. The summed E-state index contributed by atoms with van der Waals surface area (Å²) < 4.78 is 0. The molecular weight excluding hydrogens is 304 g/mol. The first kappa shape index (κ1) is 14.6. The molecule has 1 aliphatic rings. The quantitative estimate of drug-likeness (QED) is 0.776. The molecule has 7 heteroatoms. The van der Waals surface area contributed by atoms with Crippen LogP contribution in [-0.2, 0) is 0 Å². The van der Waals surface area contributed by atoms with Crippen molar-refractivity contribution in [3.05, 3.63) is 47.9 Å². The maximum Gasteiger partial charge on any atom is 0.254 e. The predicted octanol–water partition coefficient (Wildman–Crippen LogP) is 1.62. The molecule has 0 bridgehead atoms. The Morgan fingerprint density at radius 3 is 2.67 bits per heavy atom. The minimum absolute atomic E-state index is 0.0566. The molecule has 1 N–H and O–H groups in total. The second kappa shape index (κ2) is 5.92. The number of anilines is 1. The summed E-state index contributed by atoms with van der Waals surface area (Å²) in [5.74, 6) is 0.924. The zero-order valence-electron chi connectivity index (χ0n) is 13.4. The lowest BCUT2D eigenvalue weighted by molar-refractivity contribution is 0.0746. The summed E-state index contributed by atoms with van der Waals surface area (Å²) in [6.07, 6.45) is 1.64. The van der Waals surface area contributed by atoms with E-state index in [0.29, 0.717) is 18.7 Å². The van der Waals surface area contributed by atoms with Gasteiger partial charge in [0, 0.05) is 31.7 Å². The Morgan fingerprint density at radius 1 is 1.08 bits per heavy atom. The SMILES string of the molecule is Cc1ccc(N2CCN(C(=O)c3ccc4nc[nH]c4c3)CC2)nn1. The maximum absolute atomic E-state index is 12.7. The third-order valence-electron chi connectivity index (χ3n) is 4.34. The summed E-state index contributed by atoms with van der Waals surface area (Å²) >= 11 is 0. The lowest BCUT2D eigenvalue weighted by Crippen LogP contribution is -2.49. The van der Waals surface area contributed by atoms with Crippen molar-refractivity contribution in [3.63, 3.8) is 0 Å². The maximum atomic E-state index is 12.7. The van der Waals surface area contributed by atoms with Gasteiger partial charge in [0.25, 0.3) is 5.91 Å². The lowest BCUT2D eigenvalue weighted by Gasteiger charge is -2.35. The molecule has 24 heavy (non-hydrogen) atoms. The lowest BCUT2D eigenvalue weighted by atomic mass is 10.1. The fraction of sp³-hybridized carbons (Fsp3) is 0.294. The van der Waals surface area contributed by atoms with E-state index in [2.05, 4.69) is 25.1 Å². The number of aromatic amines is 1. The Bertz CT molecular complexity index is 864. The average molecular weight is 322 g/mol. The Labute approximate surface area is 139 Å². The number of nitrogens with one attached hydrogen (secondary N) is 1. The first-order valence-electron chi connectivity index (χ1n) is 7.98. The normalized spacial score (nSPS) is 15.0. The van der Waals surface area contributed by atoms with Crippen LogP contribution < -0.4 is 4.90 Å². The highest BCUT2D eigenvalue weighted by Gasteiger charge is 2.23. The molecule has 1 amide bonds. The van der Waals surface area contributed by atoms with Crippen molar-refractivity contribution in [2.75, 3.05) is 31.1 Å². The molecule has 1 aromatic carbocycles. The Morgan fingerprint density at radius 2 is 1.92 bits per heavy atom. The molecule has 3 aromatic rings. The van der Waals surface area contributed by atoms with Crippen molar-refractivity contribution in [2.24, 2.45) is 0 Å². The van der Waals surface area contributed by atoms with E-state index < -0.39 is 0 Å². The number of aryl methyl sites for hydroxylation is 1. The van der Waals surface area contributed by atoms with Gasteiger partial charge in [-0.05, 0) is 37.3 Å². The molecule has 7 nitrogen and oxygen atoms in total. The molecular formula is C17H18N6O. The van der Waals surface area contributed by atoms with Crippen LogP contribution in [0, 0.1) is 6.92 Å². The van der Waals surface area contributed by atoms with Gasteiger partial charge in [0.15, 0.2) is 5.82 Å². The molecule has 3 heterocycles. The van der Waals surface area contributed by atoms with E-state index in [4.69, 9.17) is 0 Å². The van der Waals surface area contributed by atoms with Crippen LogP contribution in [0.25, 0.3) is 11.0 Å². The molecule has 1 saturated heterocycles. The third-order valence-corrected chi connectivity index (χ3v) is 4.34. The zero-order valence-corrected chi connectivity index (χ0v) is 13.4. The molecule has 4 rings (SSSR count). The summed E-state index contributed by atoms with van der Waals surface area (Å²) in [7, 11) is 0. The van der Waals surface area contributed by atoms with Crippen molar-refractivity contribution < 1.29 is 4.79 Å². The smallest absolute Gasteiger partial charge is 0.254 e. The highest BCUT2D eigenvalue weighted by atomic mass is 16.2. The van der Waals surface area contributed by atoms with Crippen LogP contribution in [0.1, 0.15) is 16.1 Å². The number of imidazole rings is 1. The van der Waals surface area contributed by atoms with Crippen molar-refractivity contribution in [1.82, 2.24) is 25.1 Å². The van der Waals surface area contributed by atoms with E-state index in [9.17, 15) is 4.79 Å². The Kier molecular flexibility index (Phi) is 3.60. The van der Waals surface area contributed by atoms with Gasteiger partial charge in [0.2, 0.25) is 0 Å². The van der Waals surface area contributed by atoms with Crippen LogP contribution in [-0.4, -0.2) is 57.2 Å². The molecule has 1 fully saturated rings. The summed E-state index contributed by atoms with van der Waals surface area (Å²) in [5, 5.41) is 8.32. The van der Waals surface area contributed by atoms with Crippen molar-refractivity contribution in [3.8, 4) is 0 Å². The van der Waals surface area contributed by atoms with Gasteiger partial charge in [-0.15, -0.1) is 5.10 Å². The largest absolute Gasteiger partial charge is 0.352 e. The van der Waals surface area contributed by atoms with Gasteiger partial charge in [0.05, 0.1) is 23.1 Å². The van der Waals surface area contributed by atoms with Crippen LogP contribution in [0.15, 0.2) is 36.7 Å². The summed E-state index contributed by atoms with van der Waals surface area (Å²) in [6.45, 7) is 4.79. The van der Waals surface area contributed by atoms with Gasteiger partial charge in [0.1, 0.15) is 0 Å². The van der Waals surface area contributed by atoms with Crippen LogP contribution in [0.4, 0.5) is 5.82 Å². The van der Waals surface area contributed by atoms with E-state index in [-0.39, 0.29) is 5.91 Å². The van der Waals surface area contributed by atoms with E-state index in [0.717, 1.165) is 35.6 Å². The highest BCUT2D eigenvalue weighted by molar-refractivity contribution is 5.97. The van der Waals surface area contributed by atoms with Crippen LogP contribution in [0.3, 0.4) is 0 Å². The number of rotatable bonds is 2. The molecule has 0 spiro atoms. The van der Waals surface area contributed by atoms with Crippen molar-refractivity contribution >= 4 is 22.8 Å². The number of hydrogen-bond donors (Lipinski definition) is 1. The molecule has 0 unspecified atom stereocenters. The number of benzene rings is 1. The second-order valence-electron chi connectivity index (χ2n) is 5.95. The number of H-pyrrole nitrogens is 1. The molecule has 1 aliphatic heterocycles. The number of aromatic nitrogens is 4. The number of carbonyl (C=O) groups is 1. The summed E-state index contributed by atoms with van der Waals surface area (Å²) in [4.78, 5) is 24.0. The summed E-state index contributed by atoms with van der Waals surface area (Å²) in [5.41, 5.74) is 3.35. The van der Waals surface area contributed by atoms with Gasteiger partial charge < -0.3 is 14.8 Å². The van der Waals surface area contributed by atoms with Crippen molar-refractivity contribution in [2.45, 2.75) is 6.92 Å². The van der Waals surface area contributed by atoms with Gasteiger partial charge >= 0.3 is 0 Å². The molecule has 2 aromatic heterocycles.